The number of nitrogens with zero attached hydrogens (tertiary/aromatic N) is 2. The Labute approximate surface area is 190 Å². The van der Waals surface area contributed by atoms with Gasteiger partial charge in [-0.1, -0.05) is 30.3 Å². The first kappa shape index (κ1) is 22.2. The Morgan fingerprint density at radius 1 is 1.00 bits per heavy atom. The van der Waals surface area contributed by atoms with Gasteiger partial charge in [0.25, 0.3) is 5.91 Å². The third-order valence-corrected chi connectivity index (χ3v) is 5.35. The lowest BCUT2D eigenvalue weighted by Gasteiger charge is -2.10. The number of amides is 1. The summed E-state index contributed by atoms with van der Waals surface area (Å²) in [5.41, 5.74) is 4.87. The van der Waals surface area contributed by atoms with Gasteiger partial charge in [0.2, 0.25) is 0 Å². The van der Waals surface area contributed by atoms with E-state index < -0.39 is 11.6 Å². The van der Waals surface area contributed by atoms with Gasteiger partial charge in [0, 0.05) is 29.4 Å². The molecule has 0 bridgehead atoms. The summed E-state index contributed by atoms with van der Waals surface area (Å²) in [5.74, 6) is -1.73. The molecule has 0 unspecified atom stereocenters. The van der Waals surface area contributed by atoms with E-state index in [-0.39, 0.29) is 18.3 Å². The summed E-state index contributed by atoms with van der Waals surface area (Å²) >= 11 is 0. The Hall–Kier alpha value is -4.00. The van der Waals surface area contributed by atoms with Crippen molar-refractivity contribution in [2.24, 2.45) is 0 Å². The summed E-state index contributed by atoms with van der Waals surface area (Å²) in [4.78, 5) is 12.8. The summed E-state index contributed by atoms with van der Waals surface area (Å²) in [5, 5.41) is 7.55. The quantitative estimate of drug-likeness (QED) is 0.420. The topological polar surface area (TPSA) is 56.2 Å². The lowest BCUT2D eigenvalue weighted by Crippen LogP contribution is -2.23. The number of hydrogen-bond donors (Lipinski definition) is 1. The minimum Gasteiger partial charge on any atom is -0.486 e. The minimum absolute atomic E-state index is 0.0474. The summed E-state index contributed by atoms with van der Waals surface area (Å²) in [6.45, 7) is 4.28. The largest absolute Gasteiger partial charge is 0.486 e. The molecule has 0 aliphatic rings. The molecule has 168 valence electrons. The van der Waals surface area contributed by atoms with Crippen molar-refractivity contribution in [3.8, 4) is 11.4 Å². The number of aryl methyl sites for hydroxylation is 1. The predicted octanol–water partition coefficient (Wildman–Crippen LogP) is 5.28. The zero-order valence-electron chi connectivity index (χ0n) is 18.3. The summed E-state index contributed by atoms with van der Waals surface area (Å²) in [6.07, 6.45) is 0. The fraction of sp³-hybridized carbons (Fsp3) is 0.154. The average Bonchev–Trinajstić information content (AvgIpc) is 3.11. The summed E-state index contributed by atoms with van der Waals surface area (Å²) < 4.78 is 34.1. The second-order valence-corrected chi connectivity index (χ2v) is 7.64. The highest BCUT2D eigenvalue weighted by molar-refractivity contribution is 5.94. The van der Waals surface area contributed by atoms with Crippen LogP contribution in [0.2, 0.25) is 0 Å². The molecule has 0 radical (unpaired) electrons. The van der Waals surface area contributed by atoms with Crippen molar-refractivity contribution in [3.63, 3.8) is 0 Å². The molecule has 1 N–H and O–H groups in total. The molecule has 4 aromatic rings. The van der Waals surface area contributed by atoms with E-state index >= 15 is 0 Å². The molecule has 5 nitrogen and oxygen atoms in total. The molecular formula is C26H23F2N3O2. The lowest BCUT2D eigenvalue weighted by molar-refractivity contribution is 0.0950. The van der Waals surface area contributed by atoms with E-state index in [9.17, 15) is 13.6 Å². The molecule has 3 aromatic carbocycles. The number of hydrogen-bond acceptors (Lipinski definition) is 3. The Morgan fingerprint density at radius 3 is 2.55 bits per heavy atom. The normalized spacial score (nSPS) is 10.8. The van der Waals surface area contributed by atoms with E-state index in [1.54, 1.807) is 24.3 Å². The van der Waals surface area contributed by atoms with E-state index in [0.717, 1.165) is 34.8 Å². The van der Waals surface area contributed by atoms with Crippen molar-refractivity contribution in [3.05, 3.63) is 113 Å². The van der Waals surface area contributed by atoms with E-state index in [4.69, 9.17) is 4.74 Å². The highest BCUT2D eigenvalue weighted by Crippen LogP contribution is 2.20. The molecule has 0 fully saturated rings. The average molecular weight is 447 g/mol. The first-order chi connectivity index (χ1) is 15.9. The zero-order chi connectivity index (χ0) is 23.4. The third-order valence-electron chi connectivity index (χ3n) is 5.35. The van der Waals surface area contributed by atoms with Crippen LogP contribution < -0.4 is 10.1 Å². The SMILES string of the molecule is Cc1nn(-c2ccccc2)c(C)c1CNC(=O)c1cccc(COc2ccc(F)cc2F)c1. The van der Waals surface area contributed by atoms with Gasteiger partial charge in [-0.15, -0.1) is 0 Å². The van der Waals surface area contributed by atoms with Crippen LogP contribution in [0, 0.1) is 25.5 Å². The first-order valence-electron chi connectivity index (χ1n) is 10.5. The van der Waals surface area contributed by atoms with E-state index in [1.807, 2.05) is 48.9 Å². The highest BCUT2D eigenvalue weighted by atomic mass is 19.1. The van der Waals surface area contributed by atoms with Gasteiger partial charge in [0.1, 0.15) is 12.4 Å². The van der Waals surface area contributed by atoms with Crippen LogP contribution in [0.1, 0.15) is 32.9 Å². The molecule has 0 saturated carbocycles. The number of ether oxygens (including phenoxy) is 1. The fourth-order valence-electron chi connectivity index (χ4n) is 3.58. The van der Waals surface area contributed by atoms with Gasteiger partial charge < -0.3 is 10.1 Å². The maximum Gasteiger partial charge on any atom is 0.251 e. The summed E-state index contributed by atoms with van der Waals surface area (Å²) in [7, 11) is 0. The van der Waals surface area contributed by atoms with E-state index in [0.29, 0.717) is 17.7 Å². The van der Waals surface area contributed by atoms with Gasteiger partial charge in [-0.25, -0.2) is 13.5 Å². The molecule has 0 saturated heterocycles. The lowest BCUT2D eigenvalue weighted by atomic mass is 10.1. The molecule has 4 rings (SSSR count). The Morgan fingerprint density at radius 2 is 1.79 bits per heavy atom. The number of carbonyl (C=O) groups is 1. The number of benzene rings is 3. The zero-order valence-corrected chi connectivity index (χ0v) is 18.3. The van der Waals surface area contributed by atoms with Crippen LogP contribution in [0.3, 0.4) is 0 Å². The molecule has 1 heterocycles. The van der Waals surface area contributed by atoms with E-state index in [2.05, 4.69) is 10.4 Å². The molecule has 1 aromatic heterocycles. The van der Waals surface area contributed by atoms with Gasteiger partial charge >= 0.3 is 0 Å². The molecule has 0 spiro atoms. The fourth-order valence-corrected chi connectivity index (χ4v) is 3.58. The van der Waals surface area contributed by atoms with Crippen molar-refractivity contribution >= 4 is 5.91 Å². The van der Waals surface area contributed by atoms with Gasteiger partial charge in [0.05, 0.1) is 11.4 Å². The number of rotatable bonds is 7. The van der Waals surface area contributed by atoms with Crippen LogP contribution in [-0.2, 0) is 13.2 Å². The van der Waals surface area contributed by atoms with Crippen molar-refractivity contribution in [2.45, 2.75) is 27.0 Å². The monoisotopic (exact) mass is 447 g/mol. The Kier molecular flexibility index (Phi) is 6.49. The van der Waals surface area contributed by atoms with Crippen molar-refractivity contribution in [1.82, 2.24) is 15.1 Å². The Balaban J connectivity index is 1.42. The molecule has 1 amide bonds. The van der Waals surface area contributed by atoms with Gasteiger partial charge in [-0.3, -0.25) is 4.79 Å². The minimum atomic E-state index is -0.773. The number of halogens is 2. The third kappa shape index (κ3) is 5.09. The smallest absolute Gasteiger partial charge is 0.251 e. The van der Waals surface area contributed by atoms with E-state index in [1.165, 1.54) is 6.07 Å². The molecule has 7 heteroatoms. The van der Waals surface area contributed by atoms with Crippen LogP contribution in [0.4, 0.5) is 8.78 Å². The maximum atomic E-state index is 13.8. The van der Waals surface area contributed by atoms with Crippen LogP contribution in [0.15, 0.2) is 72.8 Å². The molecule has 0 atom stereocenters. The number of nitrogens with one attached hydrogen (secondary N) is 1. The van der Waals surface area contributed by atoms with Gasteiger partial charge in [-0.05, 0) is 55.8 Å². The maximum absolute atomic E-state index is 13.8. The van der Waals surface area contributed by atoms with Crippen molar-refractivity contribution in [1.29, 1.82) is 0 Å². The Bertz CT molecular complexity index is 1290. The van der Waals surface area contributed by atoms with Gasteiger partial charge in [-0.2, -0.15) is 5.10 Å². The van der Waals surface area contributed by atoms with Crippen LogP contribution in [0.25, 0.3) is 5.69 Å². The van der Waals surface area contributed by atoms with Crippen molar-refractivity contribution < 1.29 is 18.3 Å². The molecule has 0 aliphatic carbocycles. The van der Waals surface area contributed by atoms with Crippen LogP contribution in [0.5, 0.6) is 5.75 Å². The predicted molar refractivity (Wildman–Crippen MR) is 121 cm³/mol. The van der Waals surface area contributed by atoms with Crippen molar-refractivity contribution in [2.75, 3.05) is 0 Å². The number of aromatic nitrogens is 2. The summed E-state index contributed by atoms with van der Waals surface area (Å²) in [6, 6.07) is 19.8. The number of para-hydroxylation sites is 1. The first-order valence-corrected chi connectivity index (χ1v) is 10.5. The molecular weight excluding hydrogens is 424 g/mol. The molecule has 33 heavy (non-hydrogen) atoms. The molecule has 0 aliphatic heterocycles. The van der Waals surface area contributed by atoms with Gasteiger partial charge in [0.15, 0.2) is 11.6 Å². The number of carbonyl (C=O) groups excluding carboxylic acids is 1. The van der Waals surface area contributed by atoms with Crippen LogP contribution >= 0.6 is 0 Å². The second kappa shape index (κ2) is 9.65. The van der Waals surface area contributed by atoms with Crippen LogP contribution in [-0.4, -0.2) is 15.7 Å². The highest BCUT2D eigenvalue weighted by Gasteiger charge is 2.15. The second-order valence-electron chi connectivity index (χ2n) is 7.64. The standard InChI is InChI=1S/C26H23F2N3O2/c1-17-23(18(2)31(30-17)22-9-4-3-5-10-22)15-29-26(32)20-8-6-7-19(13-20)16-33-25-12-11-21(27)14-24(25)28/h3-14H,15-16H2,1-2H3,(H,29,32).